The number of fused-ring (bicyclic) bond motifs is 1. The highest BCUT2D eigenvalue weighted by molar-refractivity contribution is 7.21. The van der Waals surface area contributed by atoms with Gasteiger partial charge >= 0.3 is 0 Å². The minimum Gasteiger partial charge on any atom is -0.488 e. The molecule has 1 amide bonds. The maximum atomic E-state index is 12.2. The first-order chi connectivity index (χ1) is 9.16. The SMILES string of the molecule is CN(C)C(=O)c1sc2ccccc2c1OCC1CO1. The van der Waals surface area contributed by atoms with Crippen molar-refractivity contribution in [2.45, 2.75) is 6.10 Å². The molecule has 2 aromatic rings. The summed E-state index contributed by atoms with van der Waals surface area (Å²) >= 11 is 1.48. The van der Waals surface area contributed by atoms with Crippen LogP contribution in [0, 0.1) is 0 Å². The van der Waals surface area contributed by atoms with Gasteiger partial charge in [0.2, 0.25) is 0 Å². The monoisotopic (exact) mass is 277 g/mol. The van der Waals surface area contributed by atoms with Crippen molar-refractivity contribution >= 4 is 27.3 Å². The number of carbonyl (C=O) groups excluding carboxylic acids is 1. The second-order valence-corrected chi connectivity index (χ2v) is 5.77. The molecule has 1 aliphatic heterocycles. The molecule has 0 bridgehead atoms. The third-order valence-electron chi connectivity index (χ3n) is 2.97. The Morgan fingerprint density at radius 2 is 2.21 bits per heavy atom. The zero-order valence-electron chi connectivity index (χ0n) is 10.9. The van der Waals surface area contributed by atoms with Crippen molar-refractivity contribution in [2.24, 2.45) is 0 Å². The first-order valence-electron chi connectivity index (χ1n) is 6.14. The molecule has 1 atom stereocenters. The molecule has 0 N–H and O–H groups in total. The predicted molar refractivity (Wildman–Crippen MR) is 75.1 cm³/mol. The molecule has 1 unspecified atom stereocenters. The molecule has 1 aromatic heterocycles. The van der Waals surface area contributed by atoms with Gasteiger partial charge in [-0.25, -0.2) is 0 Å². The van der Waals surface area contributed by atoms with Crippen molar-refractivity contribution in [1.82, 2.24) is 4.90 Å². The van der Waals surface area contributed by atoms with E-state index in [1.165, 1.54) is 11.3 Å². The number of epoxide rings is 1. The van der Waals surface area contributed by atoms with E-state index in [2.05, 4.69) is 0 Å². The lowest BCUT2D eigenvalue weighted by molar-refractivity contribution is 0.0828. The van der Waals surface area contributed by atoms with Crippen molar-refractivity contribution in [3.63, 3.8) is 0 Å². The summed E-state index contributed by atoms with van der Waals surface area (Å²) in [7, 11) is 3.50. The number of hydrogen-bond donors (Lipinski definition) is 0. The fourth-order valence-corrected chi connectivity index (χ4v) is 3.02. The Morgan fingerprint density at radius 3 is 2.89 bits per heavy atom. The normalized spacial score (nSPS) is 17.5. The molecule has 19 heavy (non-hydrogen) atoms. The average Bonchev–Trinajstić information content (AvgIpc) is 3.16. The molecule has 0 radical (unpaired) electrons. The molecule has 0 aliphatic carbocycles. The van der Waals surface area contributed by atoms with Crippen LogP contribution in [0.3, 0.4) is 0 Å². The van der Waals surface area contributed by atoms with Crippen molar-refractivity contribution in [1.29, 1.82) is 0 Å². The third-order valence-corrected chi connectivity index (χ3v) is 4.11. The standard InChI is InChI=1S/C14H15NO3S/c1-15(2)14(16)13-12(18-8-9-7-17-9)10-5-3-4-6-11(10)19-13/h3-6,9H,7-8H2,1-2H3. The molecule has 1 saturated heterocycles. The molecule has 1 aliphatic rings. The lowest BCUT2D eigenvalue weighted by Gasteiger charge is -2.11. The van der Waals surface area contributed by atoms with Gasteiger partial charge in [-0.15, -0.1) is 11.3 Å². The first kappa shape index (κ1) is 12.4. The van der Waals surface area contributed by atoms with Crippen molar-refractivity contribution in [3.05, 3.63) is 29.1 Å². The average molecular weight is 277 g/mol. The molecule has 0 spiro atoms. The van der Waals surface area contributed by atoms with Gasteiger partial charge in [-0.1, -0.05) is 12.1 Å². The summed E-state index contributed by atoms with van der Waals surface area (Å²) in [5.41, 5.74) is 0. The lowest BCUT2D eigenvalue weighted by atomic mass is 10.2. The highest BCUT2D eigenvalue weighted by atomic mass is 32.1. The minimum atomic E-state index is -0.0204. The number of carbonyl (C=O) groups is 1. The molecule has 5 heteroatoms. The third kappa shape index (κ3) is 2.43. The van der Waals surface area contributed by atoms with Crippen LogP contribution in [0.2, 0.25) is 0 Å². The second-order valence-electron chi connectivity index (χ2n) is 4.72. The van der Waals surface area contributed by atoms with E-state index < -0.39 is 0 Å². The summed E-state index contributed by atoms with van der Waals surface area (Å²) in [6.45, 7) is 1.26. The molecule has 4 nitrogen and oxygen atoms in total. The summed E-state index contributed by atoms with van der Waals surface area (Å²) in [5, 5.41) is 0.998. The summed E-state index contributed by atoms with van der Waals surface area (Å²) in [6, 6.07) is 7.92. The van der Waals surface area contributed by atoms with Gasteiger partial charge in [-0.2, -0.15) is 0 Å². The summed E-state index contributed by atoms with van der Waals surface area (Å²) in [4.78, 5) is 14.5. The molecule has 0 saturated carbocycles. The van der Waals surface area contributed by atoms with Crippen LogP contribution in [-0.2, 0) is 4.74 Å². The Labute approximate surface area is 115 Å². The van der Waals surface area contributed by atoms with Crippen LogP contribution < -0.4 is 4.74 Å². The highest BCUT2D eigenvalue weighted by Gasteiger charge is 2.26. The number of benzene rings is 1. The van der Waals surface area contributed by atoms with Gasteiger partial charge in [0.15, 0.2) is 5.75 Å². The van der Waals surface area contributed by atoms with Gasteiger partial charge in [0, 0.05) is 24.2 Å². The Bertz CT molecular complexity index is 616. The van der Waals surface area contributed by atoms with E-state index in [0.717, 1.165) is 16.7 Å². The van der Waals surface area contributed by atoms with E-state index in [1.807, 2.05) is 24.3 Å². The number of thiophene rings is 1. The quantitative estimate of drug-likeness (QED) is 0.806. The fraction of sp³-hybridized carbons (Fsp3) is 0.357. The topological polar surface area (TPSA) is 42.1 Å². The van der Waals surface area contributed by atoms with Gasteiger partial charge in [-0.05, 0) is 12.1 Å². The molecule has 3 rings (SSSR count). The number of ether oxygens (including phenoxy) is 2. The minimum absolute atomic E-state index is 0.0204. The Morgan fingerprint density at radius 1 is 1.47 bits per heavy atom. The second kappa shape index (κ2) is 4.83. The zero-order chi connectivity index (χ0) is 13.4. The van der Waals surface area contributed by atoms with Gasteiger partial charge in [-0.3, -0.25) is 4.79 Å². The van der Waals surface area contributed by atoms with E-state index >= 15 is 0 Å². The number of nitrogens with zero attached hydrogens (tertiary/aromatic N) is 1. The molecular formula is C14H15NO3S. The summed E-state index contributed by atoms with van der Waals surface area (Å²) in [6.07, 6.45) is 0.181. The van der Waals surface area contributed by atoms with E-state index in [1.54, 1.807) is 19.0 Å². The van der Waals surface area contributed by atoms with Crippen molar-refractivity contribution in [3.8, 4) is 5.75 Å². The number of amides is 1. The Hall–Kier alpha value is -1.59. The van der Waals surface area contributed by atoms with Crippen molar-refractivity contribution < 1.29 is 14.3 Å². The Kier molecular flexibility index (Phi) is 3.16. The van der Waals surface area contributed by atoms with Crippen molar-refractivity contribution in [2.75, 3.05) is 27.3 Å². The van der Waals surface area contributed by atoms with E-state index in [4.69, 9.17) is 9.47 Å². The van der Waals surface area contributed by atoms with Gasteiger partial charge < -0.3 is 14.4 Å². The fourth-order valence-electron chi connectivity index (χ4n) is 1.85. The maximum Gasteiger partial charge on any atom is 0.267 e. The maximum absolute atomic E-state index is 12.2. The van der Waals surface area contributed by atoms with E-state index in [0.29, 0.717) is 17.2 Å². The van der Waals surface area contributed by atoms with Gasteiger partial charge in [0.1, 0.15) is 17.6 Å². The van der Waals surface area contributed by atoms with Gasteiger partial charge in [0.25, 0.3) is 5.91 Å². The van der Waals surface area contributed by atoms with Crippen LogP contribution in [0.5, 0.6) is 5.75 Å². The lowest BCUT2D eigenvalue weighted by Crippen LogP contribution is -2.21. The van der Waals surface area contributed by atoms with Crippen LogP contribution in [0.25, 0.3) is 10.1 Å². The van der Waals surface area contributed by atoms with Crippen LogP contribution in [-0.4, -0.2) is 44.2 Å². The van der Waals surface area contributed by atoms with E-state index in [-0.39, 0.29) is 12.0 Å². The smallest absolute Gasteiger partial charge is 0.267 e. The Balaban J connectivity index is 2.02. The molecular weight excluding hydrogens is 262 g/mol. The van der Waals surface area contributed by atoms with Crippen LogP contribution >= 0.6 is 11.3 Å². The molecule has 1 fully saturated rings. The zero-order valence-corrected chi connectivity index (χ0v) is 11.7. The summed E-state index contributed by atoms with van der Waals surface area (Å²) < 4.78 is 12.0. The largest absolute Gasteiger partial charge is 0.488 e. The van der Waals surface area contributed by atoms with Gasteiger partial charge in [0.05, 0.1) is 6.61 Å². The van der Waals surface area contributed by atoms with Crippen LogP contribution in [0.1, 0.15) is 9.67 Å². The molecule has 100 valence electrons. The highest BCUT2D eigenvalue weighted by Crippen LogP contribution is 2.38. The molecule has 2 heterocycles. The van der Waals surface area contributed by atoms with Crippen LogP contribution in [0.15, 0.2) is 24.3 Å². The number of hydrogen-bond acceptors (Lipinski definition) is 4. The predicted octanol–water partition coefficient (Wildman–Crippen LogP) is 2.38. The summed E-state index contributed by atoms with van der Waals surface area (Å²) in [5.74, 6) is 0.669. The molecule has 1 aromatic carbocycles. The van der Waals surface area contributed by atoms with Crippen LogP contribution in [0.4, 0.5) is 0 Å². The first-order valence-corrected chi connectivity index (χ1v) is 6.96. The van der Waals surface area contributed by atoms with E-state index in [9.17, 15) is 4.79 Å². The number of rotatable bonds is 4.